The Balaban J connectivity index is 3.14. The Bertz CT molecular complexity index is 401. The van der Waals surface area contributed by atoms with E-state index >= 15 is 0 Å². The van der Waals surface area contributed by atoms with E-state index in [0.717, 1.165) is 0 Å². The molecule has 0 atom stereocenters. The Hall–Kier alpha value is -1.68. The molecule has 4 nitrogen and oxygen atoms in total. The minimum Gasteiger partial charge on any atom is -0.299 e. The first kappa shape index (κ1) is 10.4. The summed E-state index contributed by atoms with van der Waals surface area (Å²) in [4.78, 5) is 19.9. The van der Waals surface area contributed by atoms with Crippen LogP contribution in [0.1, 0.15) is 5.56 Å². The molecule has 72 valence electrons. The number of allylic oxidation sites excluding steroid dienone is 1. The number of aldehydes is 1. The Labute approximate surface area is 85.0 Å². The molecule has 0 spiro atoms. The highest BCUT2D eigenvalue weighted by Gasteiger charge is 2.07. The van der Waals surface area contributed by atoms with Gasteiger partial charge in [0.1, 0.15) is 6.29 Å². The van der Waals surface area contributed by atoms with Gasteiger partial charge in [0.25, 0.3) is 5.69 Å². The minimum absolute atomic E-state index is 0.0556. The molecule has 0 heterocycles. The molecule has 1 rings (SSSR count). The number of nitro groups is 1. The lowest BCUT2D eigenvalue weighted by Crippen LogP contribution is -1.88. The monoisotopic (exact) mass is 211 g/mol. The van der Waals surface area contributed by atoms with Crippen molar-refractivity contribution in [3.05, 3.63) is 45.0 Å². The highest BCUT2D eigenvalue weighted by atomic mass is 35.5. The largest absolute Gasteiger partial charge is 0.299 e. The summed E-state index contributed by atoms with van der Waals surface area (Å²) in [7, 11) is 0. The summed E-state index contributed by atoms with van der Waals surface area (Å²) in [5.41, 5.74) is 0.396. The molecule has 5 heteroatoms. The number of benzene rings is 1. The SMILES string of the molecule is O=CC=Cc1cc([N+](=O)[O-])ccc1Cl. The second-order valence-electron chi connectivity index (χ2n) is 2.46. The molecule has 0 aliphatic rings. The average Bonchev–Trinajstić information content (AvgIpc) is 2.16. The van der Waals surface area contributed by atoms with Crippen LogP contribution in [0, 0.1) is 10.1 Å². The van der Waals surface area contributed by atoms with Gasteiger partial charge in [-0.05, 0) is 23.8 Å². The van der Waals surface area contributed by atoms with Crippen LogP contribution in [0.25, 0.3) is 6.08 Å². The summed E-state index contributed by atoms with van der Waals surface area (Å²) in [6.45, 7) is 0. The maximum Gasteiger partial charge on any atom is 0.270 e. The second-order valence-corrected chi connectivity index (χ2v) is 2.87. The molecule has 0 saturated carbocycles. The number of nitrogens with zero attached hydrogens (tertiary/aromatic N) is 1. The van der Waals surface area contributed by atoms with Crippen molar-refractivity contribution in [3.63, 3.8) is 0 Å². The maximum atomic E-state index is 10.4. The molecule has 1 aromatic rings. The fraction of sp³-hybridized carbons (Fsp3) is 0. The summed E-state index contributed by atoms with van der Waals surface area (Å²) in [6.07, 6.45) is 3.22. The van der Waals surface area contributed by atoms with E-state index in [1.54, 1.807) is 0 Å². The molecule has 0 saturated heterocycles. The zero-order valence-corrected chi connectivity index (χ0v) is 7.77. The third kappa shape index (κ3) is 2.40. The lowest BCUT2D eigenvalue weighted by molar-refractivity contribution is -0.384. The van der Waals surface area contributed by atoms with E-state index in [-0.39, 0.29) is 5.69 Å². The number of hydrogen-bond acceptors (Lipinski definition) is 3. The van der Waals surface area contributed by atoms with E-state index in [2.05, 4.69) is 0 Å². The van der Waals surface area contributed by atoms with Crippen LogP contribution in [-0.4, -0.2) is 11.2 Å². The number of carbonyl (C=O) groups excluding carboxylic acids is 1. The van der Waals surface area contributed by atoms with Gasteiger partial charge in [-0.15, -0.1) is 0 Å². The van der Waals surface area contributed by atoms with Gasteiger partial charge in [-0.3, -0.25) is 14.9 Å². The number of non-ortho nitro benzene ring substituents is 1. The van der Waals surface area contributed by atoms with Crippen molar-refractivity contribution in [3.8, 4) is 0 Å². The summed E-state index contributed by atoms with van der Waals surface area (Å²) < 4.78 is 0. The highest BCUT2D eigenvalue weighted by molar-refractivity contribution is 6.32. The third-order valence-corrected chi connectivity index (χ3v) is 1.89. The fourth-order valence-electron chi connectivity index (χ4n) is 0.915. The summed E-state index contributed by atoms with van der Waals surface area (Å²) in [5.74, 6) is 0. The predicted molar refractivity (Wildman–Crippen MR) is 53.2 cm³/mol. The van der Waals surface area contributed by atoms with Gasteiger partial charge in [-0.1, -0.05) is 11.6 Å². The van der Waals surface area contributed by atoms with Crippen molar-refractivity contribution in [1.29, 1.82) is 0 Å². The van der Waals surface area contributed by atoms with Crippen LogP contribution in [-0.2, 0) is 4.79 Å². The van der Waals surface area contributed by atoms with Crippen molar-refractivity contribution in [2.75, 3.05) is 0 Å². The van der Waals surface area contributed by atoms with Gasteiger partial charge in [-0.2, -0.15) is 0 Å². The lowest BCUT2D eigenvalue weighted by atomic mass is 10.2. The first-order valence-corrected chi connectivity index (χ1v) is 4.08. The Morgan fingerprint density at radius 2 is 2.14 bits per heavy atom. The molecule has 0 radical (unpaired) electrons. The fourth-order valence-corrected chi connectivity index (χ4v) is 1.10. The third-order valence-electron chi connectivity index (χ3n) is 1.54. The van der Waals surface area contributed by atoms with Crippen LogP contribution in [0.2, 0.25) is 5.02 Å². The normalized spacial score (nSPS) is 10.4. The van der Waals surface area contributed by atoms with Crippen LogP contribution in [0.15, 0.2) is 24.3 Å². The molecule has 0 N–H and O–H groups in total. The zero-order chi connectivity index (χ0) is 10.6. The predicted octanol–water partition coefficient (Wildman–Crippen LogP) is 2.46. The zero-order valence-electron chi connectivity index (χ0n) is 7.01. The van der Waals surface area contributed by atoms with Crippen LogP contribution in [0.4, 0.5) is 5.69 Å². The summed E-state index contributed by atoms with van der Waals surface area (Å²) in [6, 6.07) is 4.03. The van der Waals surface area contributed by atoms with Gasteiger partial charge in [-0.25, -0.2) is 0 Å². The Morgan fingerprint density at radius 1 is 1.43 bits per heavy atom. The van der Waals surface area contributed by atoms with Crippen molar-refractivity contribution < 1.29 is 9.72 Å². The average molecular weight is 212 g/mol. The Morgan fingerprint density at radius 3 is 2.71 bits per heavy atom. The first-order valence-electron chi connectivity index (χ1n) is 3.71. The lowest BCUT2D eigenvalue weighted by Gasteiger charge is -1.97. The van der Waals surface area contributed by atoms with Crippen LogP contribution in [0.5, 0.6) is 0 Å². The van der Waals surface area contributed by atoms with Gasteiger partial charge in [0.2, 0.25) is 0 Å². The standard InChI is InChI=1S/C9H6ClNO3/c10-9-4-3-8(11(13)14)6-7(9)2-1-5-12/h1-6H. The molecule has 0 aliphatic carbocycles. The van der Waals surface area contributed by atoms with Crippen molar-refractivity contribution in [2.24, 2.45) is 0 Å². The number of hydrogen-bond donors (Lipinski definition) is 0. The van der Waals surface area contributed by atoms with E-state index in [1.807, 2.05) is 0 Å². The molecule has 14 heavy (non-hydrogen) atoms. The molecule has 0 aromatic heterocycles. The number of rotatable bonds is 3. The minimum atomic E-state index is -0.519. The van der Waals surface area contributed by atoms with E-state index < -0.39 is 4.92 Å². The van der Waals surface area contributed by atoms with E-state index in [9.17, 15) is 14.9 Å². The number of nitro benzene ring substituents is 1. The van der Waals surface area contributed by atoms with Crippen LogP contribution < -0.4 is 0 Å². The molecule has 0 aliphatic heterocycles. The van der Waals surface area contributed by atoms with Crippen LogP contribution in [0.3, 0.4) is 0 Å². The van der Waals surface area contributed by atoms with Gasteiger partial charge >= 0.3 is 0 Å². The first-order chi connectivity index (χ1) is 6.65. The molecule has 0 amide bonds. The number of carbonyl (C=O) groups is 1. The van der Waals surface area contributed by atoms with Gasteiger partial charge in [0.05, 0.1) is 4.92 Å². The topological polar surface area (TPSA) is 60.2 Å². The van der Waals surface area contributed by atoms with Crippen molar-refractivity contribution in [1.82, 2.24) is 0 Å². The van der Waals surface area contributed by atoms with Gasteiger partial charge in [0, 0.05) is 17.2 Å². The molecule has 0 unspecified atom stereocenters. The molecule has 0 bridgehead atoms. The quantitative estimate of drug-likeness (QED) is 0.334. The molecule has 1 aromatic carbocycles. The van der Waals surface area contributed by atoms with Crippen molar-refractivity contribution >= 4 is 29.7 Å². The smallest absolute Gasteiger partial charge is 0.270 e. The molecule has 0 fully saturated rings. The number of halogens is 1. The van der Waals surface area contributed by atoms with Gasteiger partial charge in [0.15, 0.2) is 0 Å². The van der Waals surface area contributed by atoms with Crippen LogP contribution >= 0.6 is 11.6 Å². The van der Waals surface area contributed by atoms with E-state index in [1.165, 1.54) is 30.4 Å². The summed E-state index contributed by atoms with van der Waals surface area (Å²) in [5, 5.41) is 10.8. The maximum absolute atomic E-state index is 10.4. The van der Waals surface area contributed by atoms with Crippen molar-refractivity contribution in [2.45, 2.75) is 0 Å². The van der Waals surface area contributed by atoms with E-state index in [4.69, 9.17) is 11.6 Å². The second kappa shape index (κ2) is 4.53. The molecular formula is C9H6ClNO3. The van der Waals surface area contributed by atoms with Gasteiger partial charge < -0.3 is 0 Å². The Kier molecular flexibility index (Phi) is 3.36. The molecular weight excluding hydrogens is 206 g/mol. The highest BCUT2D eigenvalue weighted by Crippen LogP contribution is 2.22. The summed E-state index contributed by atoms with van der Waals surface area (Å²) >= 11 is 5.75. The van der Waals surface area contributed by atoms with E-state index in [0.29, 0.717) is 16.9 Å².